The fourth-order valence-electron chi connectivity index (χ4n) is 4.30. The molecule has 3 aromatic carbocycles. The van der Waals surface area contributed by atoms with Gasteiger partial charge in [0.15, 0.2) is 0 Å². The summed E-state index contributed by atoms with van der Waals surface area (Å²) >= 11 is 0. The Morgan fingerprint density at radius 2 is 1.22 bits per heavy atom. The van der Waals surface area contributed by atoms with E-state index in [1.807, 2.05) is 57.2 Å². The van der Waals surface area contributed by atoms with Gasteiger partial charge < -0.3 is 15.4 Å². The molecule has 4 aromatic rings. The largest absolute Gasteiger partial charge is 0.381 e. The first-order valence-corrected chi connectivity index (χ1v) is 15.3. The lowest BCUT2D eigenvalue weighted by atomic mass is 9.92. The molecule has 1 aromatic heterocycles. The van der Waals surface area contributed by atoms with Crippen molar-refractivity contribution >= 4 is 47.3 Å². The van der Waals surface area contributed by atoms with Crippen LogP contribution in [0.3, 0.4) is 0 Å². The molecule has 0 atom stereocenters. The van der Waals surface area contributed by atoms with Crippen LogP contribution in [0.15, 0.2) is 103 Å². The minimum absolute atomic E-state index is 0.109. The number of carbonyl (C=O) groups excluding carboxylic acids is 2. The average Bonchev–Trinajstić information content (AvgIpc) is 3.55. The van der Waals surface area contributed by atoms with Crippen LogP contribution in [0.1, 0.15) is 50.4 Å². The van der Waals surface area contributed by atoms with Gasteiger partial charge in [-0.05, 0) is 66.4 Å². The Balaban J connectivity index is 0.000000699. The number of pyridine rings is 1. The molecule has 1 aliphatic rings. The van der Waals surface area contributed by atoms with Crippen molar-refractivity contribution in [1.82, 2.24) is 4.98 Å². The molecule has 0 bridgehead atoms. The number of aromatic nitrogens is 1. The number of nitrogens with one attached hydrogen (secondary N) is 2. The number of hydrogen-bond acceptors (Lipinski definition) is 4. The summed E-state index contributed by atoms with van der Waals surface area (Å²) in [5, 5.41) is 9.32. The van der Waals surface area contributed by atoms with Crippen molar-refractivity contribution in [3.63, 3.8) is 0 Å². The Morgan fingerprint density at radius 1 is 0.707 bits per heavy atom. The average molecular weight is 568 g/mol. The SMILES string of the molecule is C1CCOC1.CC(C)(C)CC(=O)Nc1cccc(NC(=O)c2ccc(P(c3ccccc3)c3ccccc3)cc2)n1. The highest BCUT2D eigenvalue weighted by molar-refractivity contribution is 7.79. The first-order valence-electron chi connectivity index (χ1n) is 13.9. The molecule has 7 heteroatoms. The second-order valence-electron chi connectivity index (χ2n) is 11.0. The van der Waals surface area contributed by atoms with E-state index in [0.29, 0.717) is 23.6 Å². The third-order valence-electron chi connectivity index (χ3n) is 6.19. The first kappa shape index (κ1) is 30.1. The van der Waals surface area contributed by atoms with E-state index >= 15 is 0 Å². The van der Waals surface area contributed by atoms with Crippen molar-refractivity contribution in [3.8, 4) is 0 Å². The molecular formula is C34H38N3O3P. The summed E-state index contributed by atoms with van der Waals surface area (Å²) < 4.78 is 4.94. The maximum atomic E-state index is 12.9. The molecule has 41 heavy (non-hydrogen) atoms. The Morgan fingerprint density at radius 3 is 1.71 bits per heavy atom. The molecule has 1 saturated heterocycles. The number of rotatable bonds is 7. The minimum atomic E-state index is -0.733. The Bertz CT molecular complexity index is 1350. The molecule has 0 aliphatic carbocycles. The van der Waals surface area contributed by atoms with Crippen molar-refractivity contribution in [3.05, 3.63) is 109 Å². The zero-order chi connectivity index (χ0) is 29.1. The number of carbonyl (C=O) groups is 2. The molecule has 1 aliphatic heterocycles. The van der Waals surface area contributed by atoms with E-state index in [2.05, 4.69) is 64.1 Å². The fourth-order valence-corrected chi connectivity index (χ4v) is 6.59. The Labute approximate surface area is 244 Å². The molecule has 0 unspecified atom stereocenters. The van der Waals surface area contributed by atoms with Crippen LogP contribution in [0.2, 0.25) is 0 Å². The fraction of sp³-hybridized carbons (Fsp3) is 0.265. The van der Waals surface area contributed by atoms with Crippen molar-refractivity contribution in [2.45, 2.75) is 40.0 Å². The van der Waals surface area contributed by atoms with Crippen molar-refractivity contribution < 1.29 is 14.3 Å². The van der Waals surface area contributed by atoms with Gasteiger partial charge in [-0.1, -0.05) is 99.6 Å². The zero-order valence-electron chi connectivity index (χ0n) is 24.0. The molecular weight excluding hydrogens is 529 g/mol. The number of ether oxygens (including phenoxy) is 1. The van der Waals surface area contributed by atoms with Crippen molar-refractivity contribution in [1.29, 1.82) is 0 Å². The van der Waals surface area contributed by atoms with Gasteiger partial charge in [-0.3, -0.25) is 9.59 Å². The van der Waals surface area contributed by atoms with Gasteiger partial charge in [0.25, 0.3) is 5.91 Å². The highest BCUT2D eigenvalue weighted by Crippen LogP contribution is 2.32. The first-order chi connectivity index (χ1) is 19.8. The molecule has 0 radical (unpaired) electrons. The van der Waals surface area contributed by atoms with Crippen LogP contribution >= 0.6 is 7.92 Å². The molecule has 5 rings (SSSR count). The summed E-state index contributed by atoms with van der Waals surface area (Å²) in [5.74, 6) is 0.431. The smallest absolute Gasteiger partial charge is 0.256 e. The number of hydrogen-bond donors (Lipinski definition) is 2. The van der Waals surface area contributed by atoms with Crippen LogP contribution in [0.4, 0.5) is 11.6 Å². The van der Waals surface area contributed by atoms with Gasteiger partial charge in [-0.15, -0.1) is 0 Å². The Kier molecular flexibility index (Phi) is 10.8. The molecule has 2 heterocycles. The molecule has 2 N–H and O–H groups in total. The maximum Gasteiger partial charge on any atom is 0.256 e. The molecule has 6 nitrogen and oxygen atoms in total. The van der Waals surface area contributed by atoms with Crippen LogP contribution in [0.25, 0.3) is 0 Å². The summed E-state index contributed by atoms with van der Waals surface area (Å²) in [5.41, 5.74) is 0.419. The van der Waals surface area contributed by atoms with Gasteiger partial charge in [0.2, 0.25) is 5.91 Å². The van der Waals surface area contributed by atoms with E-state index in [1.165, 1.54) is 28.8 Å². The lowest BCUT2D eigenvalue weighted by molar-refractivity contribution is -0.117. The molecule has 0 spiro atoms. The molecule has 1 fully saturated rings. The van der Waals surface area contributed by atoms with E-state index in [4.69, 9.17) is 4.74 Å². The van der Waals surface area contributed by atoms with Crippen molar-refractivity contribution in [2.75, 3.05) is 23.8 Å². The van der Waals surface area contributed by atoms with E-state index < -0.39 is 7.92 Å². The van der Waals surface area contributed by atoms with E-state index in [-0.39, 0.29) is 17.2 Å². The van der Waals surface area contributed by atoms with Crippen LogP contribution in [0, 0.1) is 5.41 Å². The number of anilines is 2. The van der Waals surface area contributed by atoms with Crippen LogP contribution in [-0.2, 0) is 9.53 Å². The summed E-state index contributed by atoms with van der Waals surface area (Å²) in [6.07, 6.45) is 2.94. The second-order valence-corrected chi connectivity index (χ2v) is 13.2. The molecule has 2 amide bonds. The lowest BCUT2D eigenvalue weighted by Crippen LogP contribution is -2.21. The summed E-state index contributed by atoms with van der Waals surface area (Å²) in [7, 11) is -0.733. The van der Waals surface area contributed by atoms with Gasteiger partial charge in [0.1, 0.15) is 11.6 Å². The van der Waals surface area contributed by atoms with Crippen LogP contribution in [-0.4, -0.2) is 30.0 Å². The van der Waals surface area contributed by atoms with E-state index in [9.17, 15) is 9.59 Å². The topological polar surface area (TPSA) is 80.3 Å². The number of amides is 2. The summed E-state index contributed by atoms with van der Waals surface area (Å²) in [4.78, 5) is 29.5. The lowest BCUT2D eigenvalue weighted by Gasteiger charge is -2.19. The number of benzene rings is 3. The maximum absolute atomic E-state index is 12.9. The standard InChI is InChI=1S/C30H30N3O2P.C4H8O/c1-30(2,3)21-28(34)32-26-15-10-16-27(31-26)33-29(35)22-17-19-25(20-18-22)36(23-11-6-4-7-12-23)24-13-8-5-9-14-24;1-2-4-5-3-1/h4-20H,21H2,1-3H3,(H2,31,32,33,34,35);1-4H2. The van der Waals surface area contributed by atoms with Crippen LogP contribution < -0.4 is 26.5 Å². The summed E-state index contributed by atoms with van der Waals surface area (Å²) in [6.45, 7) is 8.01. The molecule has 0 saturated carbocycles. The van der Waals surface area contributed by atoms with Crippen molar-refractivity contribution in [2.24, 2.45) is 5.41 Å². The Hall–Kier alpha value is -3.86. The van der Waals surface area contributed by atoms with Gasteiger partial charge in [0, 0.05) is 25.2 Å². The summed E-state index contributed by atoms with van der Waals surface area (Å²) in [6, 6.07) is 33.8. The van der Waals surface area contributed by atoms with Gasteiger partial charge >= 0.3 is 0 Å². The van der Waals surface area contributed by atoms with Gasteiger partial charge in [-0.2, -0.15) is 0 Å². The van der Waals surface area contributed by atoms with Gasteiger partial charge in [-0.25, -0.2) is 4.98 Å². The zero-order valence-corrected chi connectivity index (χ0v) is 24.9. The normalized spacial score (nSPS) is 12.8. The quantitative estimate of drug-likeness (QED) is 0.258. The predicted octanol–water partition coefficient (Wildman–Crippen LogP) is 6.26. The van der Waals surface area contributed by atoms with E-state index in [0.717, 1.165) is 13.2 Å². The minimum Gasteiger partial charge on any atom is -0.381 e. The van der Waals surface area contributed by atoms with Gasteiger partial charge in [0.05, 0.1) is 0 Å². The second kappa shape index (κ2) is 14.7. The van der Waals surface area contributed by atoms with Crippen LogP contribution in [0.5, 0.6) is 0 Å². The highest BCUT2D eigenvalue weighted by atomic mass is 31.1. The predicted molar refractivity (Wildman–Crippen MR) is 170 cm³/mol. The third-order valence-corrected chi connectivity index (χ3v) is 8.64. The third kappa shape index (κ3) is 9.63. The number of nitrogens with zero attached hydrogens (tertiary/aromatic N) is 1. The highest BCUT2D eigenvalue weighted by Gasteiger charge is 2.18. The van der Waals surface area contributed by atoms with E-state index in [1.54, 1.807) is 18.2 Å². The molecule has 212 valence electrons. The monoisotopic (exact) mass is 567 g/mol.